The number of aryl methyl sites for hydroxylation is 1. The summed E-state index contributed by atoms with van der Waals surface area (Å²) in [6, 6.07) is 0. The van der Waals surface area contributed by atoms with Crippen LogP contribution in [0, 0.1) is 5.92 Å². The molecule has 0 saturated carbocycles. The Kier molecular flexibility index (Phi) is 5.13. The zero-order chi connectivity index (χ0) is 12.8. The molecule has 0 spiro atoms. The molecule has 5 heteroatoms. The van der Waals surface area contributed by atoms with E-state index in [-0.39, 0.29) is 0 Å². The normalized spacial score (nSPS) is 20.5. The molecule has 1 aromatic rings. The highest BCUT2D eigenvalue weighted by Crippen LogP contribution is 2.13. The second-order valence-electron chi connectivity index (χ2n) is 5.31. The molecule has 0 amide bonds. The second-order valence-corrected chi connectivity index (χ2v) is 5.31. The lowest BCUT2D eigenvalue weighted by atomic mass is 9.99. The van der Waals surface area contributed by atoms with Crippen molar-refractivity contribution in [1.29, 1.82) is 0 Å². The number of hydrogen-bond donors (Lipinski definition) is 1. The molecule has 1 fully saturated rings. The number of aromatic nitrogens is 3. The van der Waals surface area contributed by atoms with Crippen molar-refractivity contribution in [1.82, 2.24) is 25.0 Å². The number of rotatable bonds is 6. The van der Waals surface area contributed by atoms with Gasteiger partial charge < -0.3 is 9.88 Å². The van der Waals surface area contributed by atoms with E-state index in [0.29, 0.717) is 0 Å². The first-order chi connectivity index (χ1) is 8.79. The highest BCUT2D eigenvalue weighted by Gasteiger charge is 2.17. The Bertz CT molecular complexity index is 343. The van der Waals surface area contributed by atoms with Crippen LogP contribution < -0.4 is 5.32 Å². The molecule has 18 heavy (non-hydrogen) atoms. The van der Waals surface area contributed by atoms with E-state index in [0.717, 1.165) is 24.8 Å². The molecule has 1 unspecified atom stereocenters. The Hall–Kier alpha value is -0.940. The van der Waals surface area contributed by atoms with Gasteiger partial charge in [0, 0.05) is 13.6 Å². The monoisotopic (exact) mass is 251 g/mol. The zero-order valence-electron chi connectivity index (χ0n) is 11.6. The lowest BCUT2D eigenvalue weighted by molar-refractivity contribution is 0.196. The summed E-state index contributed by atoms with van der Waals surface area (Å²) in [4.78, 5) is 2.52. The Morgan fingerprint density at radius 3 is 3.06 bits per heavy atom. The van der Waals surface area contributed by atoms with E-state index in [1.165, 1.54) is 38.9 Å². The van der Waals surface area contributed by atoms with Crippen LogP contribution in [0.3, 0.4) is 0 Å². The molecule has 1 aromatic heterocycles. The van der Waals surface area contributed by atoms with Crippen LogP contribution in [0.25, 0.3) is 0 Å². The van der Waals surface area contributed by atoms with Crippen molar-refractivity contribution in [3.8, 4) is 0 Å². The minimum atomic E-state index is 0.790. The molecular weight excluding hydrogens is 226 g/mol. The maximum Gasteiger partial charge on any atom is 0.146 e. The molecule has 1 saturated heterocycles. The maximum absolute atomic E-state index is 4.19. The molecule has 5 nitrogen and oxygen atoms in total. The molecule has 0 aliphatic carbocycles. The predicted molar refractivity (Wildman–Crippen MR) is 72.2 cm³/mol. The molecule has 0 aromatic carbocycles. The van der Waals surface area contributed by atoms with Crippen LogP contribution in [0.2, 0.25) is 0 Å². The van der Waals surface area contributed by atoms with Crippen LogP contribution in [0.15, 0.2) is 6.33 Å². The summed E-state index contributed by atoms with van der Waals surface area (Å²) in [5.41, 5.74) is 0. The van der Waals surface area contributed by atoms with Gasteiger partial charge in [-0.1, -0.05) is 6.92 Å². The topological polar surface area (TPSA) is 46.0 Å². The van der Waals surface area contributed by atoms with Gasteiger partial charge in [-0.25, -0.2) is 0 Å². The highest BCUT2D eigenvalue weighted by molar-refractivity contribution is 4.85. The summed E-state index contributed by atoms with van der Waals surface area (Å²) in [5.74, 6) is 1.85. The quantitative estimate of drug-likeness (QED) is 0.820. The summed E-state index contributed by atoms with van der Waals surface area (Å²) in [6.45, 7) is 7.83. The van der Waals surface area contributed by atoms with Crippen molar-refractivity contribution in [2.24, 2.45) is 13.0 Å². The van der Waals surface area contributed by atoms with Gasteiger partial charge in [0.25, 0.3) is 0 Å². The Balaban J connectivity index is 1.88. The summed E-state index contributed by atoms with van der Waals surface area (Å²) < 4.78 is 2.02. The fourth-order valence-electron chi connectivity index (χ4n) is 2.65. The summed E-state index contributed by atoms with van der Waals surface area (Å²) in [6.07, 6.45) is 5.64. The minimum absolute atomic E-state index is 0.790. The van der Waals surface area contributed by atoms with Crippen molar-refractivity contribution in [2.45, 2.75) is 32.7 Å². The van der Waals surface area contributed by atoms with Gasteiger partial charge in [-0.3, -0.25) is 4.90 Å². The number of nitrogens with zero attached hydrogens (tertiary/aromatic N) is 4. The summed E-state index contributed by atoms with van der Waals surface area (Å²) in [5, 5.41) is 11.6. The van der Waals surface area contributed by atoms with Gasteiger partial charge >= 0.3 is 0 Å². The summed E-state index contributed by atoms with van der Waals surface area (Å²) in [7, 11) is 2.02. The maximum atomic E-state index is 4.19. The third kappa shape index (κ3) is 3.78. The lowest BCUT2D eigenvalue weighted by Gasteiger charge is -2.29. The van der Waals surface area contributed by atoms with Gasteiger partial charge in [0.1, 0.15) is 12.2 Å². The molecule has 2 heterocycles. The molecule has 1 aliphatic rings. The average Bonchev–Trinajstić information content (AvgIpc) is 2.77. The van der Waals surface area contributed by atoms with E-state index in [1.807, 2.05) is 11.6 Å². The van der Waals surface area contributed by atoms with Crippen LogP contribution in [-0.4, -0.2) is 45.8 Å². The van der Waals surface area contributed by atoms with E-state index in [9.17, 15) is 0 Å². The highest BCUT2D eigenvalue weighted by atomic mass is 15.3. The largest absolute Gasteiger partial charge is 0.320 e. The van der Waals surface area contributed by atoms with Crippen molar-refractivity contribution in [3.63, 3.8) is 0 Å². The smallest absolute Gasteiger partial charge is 0.146 e. The van der Waals surface area contributed by atoms with Crippen LogP contribution in [0.1, 0.15) is 32.0 Å². The van der Waals surface area contributed by atoms with Crippen molar-refractivity contribution in [2.75, 3.05) is 26.2 Å². The molecule has 102 valence electrons. The molecular formula is C13H25N5. The molecule has 1 N–H and O–H groups in total. The predicted octanol–water partition coefficient (Wildman–Crippen LogP) is 1.03. The van der Waals surface area contributed by atoms with Gasteiger partial charge in [0.15, 0.2) is 0 Å². The number of hydrogen-bond acceptors (Lipinski definition) is 4. The van der Waals surface area contributed by atoms with Gasteiger partial charge in [0.05, 0.1) is 6.54 Å². The van der Waals surface area contributed by atoms with Gasteiger partial charge in [0.2, 0.25) is 0 Å². The first-order valence-electron chi connectivity index (χ1n) is 7.05. The van der Waals surface area contributed by atoms with Crippen molar-refractivity contribution in [3.05, 3.63) is 12.2 Å². The van der Waals surface area contributed by atoms with Crippen LogP contribution in [0.4, 0.5) is 0 Å². The molecule has 1 atom stereocenters. The fraction of sp³-hybridized carbons (Fsp3) is 0.846. The van der Waals surface area contributed by atoms with Crippen LogP contribution >= 0.6 is 0 Å². The lowest BCUT2D eigenvalue weighted by Crippen LogP contribution is -2.38. The van der Waals surface area contributed by atoms with E-state index in [2.05, 4.69) is 27.3 Å². The van der Waals surface area contributed by atoms with Gasteiger partial charge in [-0.15, -0.1) is 10.2 Å². The van der Waals surface area contributed by atoms with E-state index >= 15 is 0 Å². The number of nitrogens with one attached hydrogen (secondary N) is 1. The van der Waals surface area contributed by atoms with Crippen LogP contribution in [0.5, 0.6) is 0 Å². The summed E-state index contributed by atoms with van der Waals surface area (Å²) >= 11 is 0. The van der Waals surface area contributed by atoms with Crippen LogP contribution in [-0.2, 0) is 13.6 Å². The standard InChI is InChI=1S/C13H25N5/c1-3-7-18(9-12-5-4-6-14-8-12)10-13-16-15-11-17(13)2/h11-12,14H,3-10H2,1-2H3. The molecule has 0 bridgehead atoms. The molecule has 2 rings (SSSR count). The molecule has 1 aliphatic heterocycles. The third-order valence-corrected chi connectivity index (χ3v) is 3.63. The van der Waals surface area contributed by atoms with E-state index in [1.54, 1.807) is 6.33 Å². The first kappa shape index (κ1) is 13.5. The van der Waals surface area contributed by atoms with Crippen molar-refractivity contribution < 1.29 is 0 Å². The Morgan fingerprint density at radius 1 is 1.56 bits per heavy atom. The second kappa shape index (κ2) is 6.85. The minimum Gasteiger partial charge on any atom is -0.320 e. The number of piperidine rings is 1. The van der Waals surface area contributed by atoms with E-state index in [4.69, 9.17) is 0 Å². The van der Waals surface area contributed by atoms with Gasteiger partial charge in [-0.2, -0.15) is 0 Å². The zero-order valence-corrected chi connectivity index (χ0v) is 11.6. The van der Waals surface area contributed by atoms with Crippen molar-refractivity contribution >= 4 is 0 Å². The Morgan fingerprint density at radius 2 is 2.44 bits per heavy atom. The fourth-order valence-corrected chi connectivity index (χ4v) is 2.65. The SMILES string of the molecule is CCCN(Cc1nncn1C)CC1CCCNC1. The van der Waals surface area contributed by atoms with E-state index < -0.39 is 0 Å². The third-order valence-electron chi connectivity index (χ3n) is 3.63. The molecule has 0 radical (unpaired) electrons. The average molecular weight is 251 g/mol. The van der Waals surface area contributed by atoms with Gasteiger partial charge in [-0.05, 0) is 44.8 Å². The first-order valence-corrected chi connectivity index (χ1v) is 7.05. The Labute approximate surface area is 110 Å².